The summed E-state index contributed by atoms with van der Waals surface area (Å²) < 4.78 is 12.9. The van der Waals surface area contributed by atoms with Gasteiger partial charge in [0.1, 0.15) is 17.4 Å². The Labute approximate surface area is 171 Å². The first-order valence-electron chi connectivity index (χ1n) is 8.40. The summed E-state index contributed by atoms with van der Waals surface area (Å²) in [4.78, 5) is 23.9. The number of rotatable bonds is 6. The number of carbonyl (C=O) groups excluding carboxylic acids is 1. The smallest absolute Gasteiger partial charge is 0.286 e. The Morgan fingerprint density at radius 1 is 1.17 bits per heavy atom. The molecule has 0 spiro atoms. The average molecular weight is 426 g/mol. The summed E-state index contributed by atoms with van der Waals surface area (Å²) in [7, 11) is 0. The normalized spacial score (nSPS) is 10.7. The van der Waals surface area contributed by atoms with Gasteiger partial charge in [0.05, 0.1) is 4.92 Å². The zero-order valence-electron chi connectivity index (χ0n) is 15.0. The molecule has 4 aromatic rings. The Hall–Kier alpha value is -4.13. The van der Waals surface area contributed by atoms with E-state index in [2.05, 4.69) is 30.9 Å². The van der Waals surface area contributed by atoms with Gasteiger partial charge in [-0.2, -0.15) is 4.80 Å². The van der Waals surface area contributed by atoms with Crippen LogP contribution in [0, 0.1) is 15.9 Å². The molecule has 4 rings (SSSR count). The fraction of sp³-hybridized carbons (Fsp3) is 0.0588. The second-order valence-electron chi connectivity index (χ2n) is 5.91. The van der Waals surface area contributed by atoms with E-state index < -0.39 is 16.6 Å². The maximum Gasteiger partial charge on any atom is 0.286 e. The van der Waals surface area contributed by atoms with E-state index in [1.807, 2.05) is 0 Å². The van der Waals surface area contributed by atoms with Gasteiger partial charge in [-0.05, 0) is 29.5 Å². The summed E-state index contributed by atoms with van der Waals surface area (Å²) in [5, 5.41) is 33.8. The SMILES string of the molecule is O=C(Nc1ccc(F)cc1)c1nnc(Cn2nnc(-c3cccc([N+](=O)[O-])c3)n2)s1. The first-order chi connectivity index (χ1) is 14.5. The molecule has 0 aliphatic rings. The van der Waals surface area contributed by atoms with Crippen molar-refractivity contribution in [2.24, 2.45) is 0 Å². The highest BCUT2D eigenvalue weighted by Gasteiger charge is 2.16. The number of aromatic nitrogens is 6. The maximum absolute atomic E-state index is 12.9. The average Bonchev–Trinajstić information content (AvgIpc) is 3.40. The highest BCUT2D eigenvalue weighted by molar-refractivity contribution is 7.13. The van der Waals surface area contributed by atoms with Gasteiger partial charge in [-0.1, -0.05) is 23.5 Å². The predicted molar refractivity (Wildman–Crippen MR) is 103 cm³/mol. The van der Waals surface area contributed by atoms with Crippen LogP contribution in [0.5, 0.6) is 0 Å². The highest BCUT2D eigenvalue weighted by atomic mass is 32.1. The molecule has 1 amide bonds. The van der Waals surface area contributed by atoms with E-state index >= 15 is 0 Å². The molecule has 0 saturated heterocycles. The van der Waals surface area contributed by atoms with Crippen molar-refractivity contribution >= 4 is 28.6 Å². The summed E-state index contributed by atoms with van der Waals surface area (Å²) in [5.41, 5.74) is 0.801. The van der Waals surface area contributed by atoms with Gasteiger partial charge in [0.15, 0.2) is 0 Å². The molecule has 0 atom stereocenters. The molecule has 0 aliphatic carbocycles. The monoisotopic (exact) mass is 426 g/mol. The molecule has 1 N–H and O–H groups in total. The Bertz CT molecular complexity index is 1220. The van der Waals surface area contributed by atoms with Gasteiger partial charge in [-0.3, -0.25) is 14.9 Å². The van der Waals surface area contributed by atoms with Gasteiger partial charge in [0.25, 0.3) is 11.6 Å². The summed E-state index contributed by atoms with van der Waals surface area (Å²) in [6.45, 7) is 0.115. The van der Waals surface area contributed by atoms with E-state index in [9.17, 15) is 19.3 Å². The van der Waals surface area contributed by atoms with E-state index in [-0.39, 0.29) is 23.1 Å². The fourth-order valence-corrected chi connectivity index (χ4v) is 3.14. The van der Waals surface area contributed by atoms with Gasteiger partial charge in [-0.25, -0.2) is 4.39 Å². The van der Waals surface area contributed by atoms with Crippen LogP contribution in [0.3, 0.4) is 0 Å². The molecule has 0 saturated carbocycles. The number of nitro groups is 1. The molecule has 0 aliphatic heterocycles. The van der Waals surface area contributed by atoms with Gasteiger partial charge < -0.3 is 5.32 Å². The van der Waals surface area contributed by atoms with Crippen molar-refractivity contribution in [1.82, 2.24) is 30.4 Å². The third kappa shape index (κ3) is 4.30. The molecule has 13 heteroatoms. The van der Waals surface area contributed by atoms with Crippen LogP contribution in [0.2, 0.25) is 0 Å². The maximum atomic E-state index is 12.9. The first-order valence-corrected chi connectivity index (χ1v) is 9.21. The van der Waals surface area contributed by atoms with Crippen molar-refractivity contribution in [2.75, 3.05) is 5.32 Å². The zero-order chi connectivity index (χ0) is 21.1. The minimum absolute atomic E-state index is 0.0789. The molecule has 11 nitrogen and oxygen atoms in total. The van der Waals surface area contributed by atoms with E-state index in [4.69, 9.17) is 0 Å². The lowest BCUT2D eigenvalue weighted by atomic mass is 10.2. The molecule has 30 heavy (non-hydrogen) atoms. The number of benzene rings is 2. The number of carbonyl (C=O) groups is 1. The Morgan fingerprint density at radius 2 is 1.97 bits per heavy atom. The van der Waals surface area contributed by atoms with Gasteiger partial charge in [0, 0.05) is 23.4 Å². The van der Waals surface area contributed by atoms with Crippen molar-refractivity contribution < 1.29 is 14.1 Å². The number of nitrogens with one attached hydrogen (secondary N) is 1. The van der Waals surface area contributed by atoms with Crippen LogP contribution in [-0.4, -0.2) is 41.2 Å². The second-order valence-corrected chi connectivity index (χ2v) is 6.97. The van der Waals surface area contributed by atoms with E-state index in [1.165, 1.54) is 47.3 Å². The molecule has 0 bridgehead atoms. The second kappa shape index (κ2) is 8.08. The fourth-order valence-electron chi connectivity index (χ4n) is 2.43. The van der Waals surface area contributed by atoms with Crippen molar-refractivity contribution in [3.63, 3.8) is 0 Å². The molecule has 2 aromatic carbocycles. The summed E-state index contributed by atoms with van der Waals surface area (Å²) >= 11 is 1.04. The number of non-ortho nitro benzene ring substituents is 1. The molecule has 2 aromatic heterocycles. The lowest BCUT2D eigenvalue weighted by Crippen LogP contribution is -2.11. The zero-order valence-corrected chi connectivity index (χ0v) is 15.8. The van der Waals surface area contributed by atoms with E-state index in [0.29, 0.717) is 16.3 Å². The lowest BCUT2D eigenvalue weighted by Gasteiger charge is -2.01. The number of amides is 1. The number of nitro benzene ring substituents is 1. The van der Waals surface area contributed by atoms with Gasteiger partial charge in [-0.15, -0.1) is 20.4 Å². The molecule has 2 heterocycles. The molecule has 0 unspecified atom stereocenters. The number of hydrogen-bond acceptors (Lipinski definition) is 9. The van der Waals surface area contributed by atoms with Gasteiger partial charge in [0.2, 0.25) is 10.8 Å². The molecular formula is C17H11FN8O3S. The van der Waals surface area contributed by atoms with Crippen LogP contribution in [-0.2, 0) is 6.54 Å². The van der Waals surface area contributed by atoms with Crippen LogP contribution in [0.15, 0.2) is 48.5 Å². The van der Waals surface area contributed by atoms with Crippen molar-refractivity contribution in [2.45, 2.75) is 6.54 Å². The molecule has 150 valence electrons. The van der Waals surface area contributed by atoms with Crippen molar-refractivity contribution in [3.05, 3.63) is 74.5 Å². The Morgan fingerprint density at radius 3 is 2.73 bits per heavy atom. The third-order valence-corrected chi connectivity index (χ3v) is 4.71. The van der Waals surface area contributed by atoms with E-state index in [0.717, 1.165) is 11.3 Å². The van der Waals surface area contributed by atoms with Gasteiger partial charge >= 0.3 is 0 Å². The van der Waals surface area contributed by atoms with Crippen molar-refractivity contribution in [1.29, 1.82) is 0 Å². The quantitative estimate of drug-likeness (QED) is 0.366. The molecule has 0 radical (unpaired) electrons. The van der Waals surface area contributed by atoms with Crippen LogP contribution < -0.4 is 5.32 Å². The summed E-state index contributed by atoms with van der Waals surface area (Å²) in [5.74, 6) is -0.664. The standard InChI is InChI=1S/C17H11FN8O3S/c18-11-4-6-12(7-5-11)19-16(27)17-22-20-14(30-17)9-25-23-15(21-24-25)10-2-1-3-13(8-10)26(28)29/h1-8H,9H2,(H,19,27). The Kier molecular flexibility index (Phi) is 5.17. The number of nitrogens with zero attached hydrogens (tertiary/aromatic N) is 7. The van der Waals surface area contributed by atoms with Crippen LogP contribution in [0.1, 0.15) is 14.8 Å². The number of tetrazole rings is 1. The van der Waals surface area contributed by atoms with Crippen LogP contribution >= 0.6 is 11.3 Å². The van der Waals surface area contributed by atoms with Crippen LogP contribution in [0.25, 0.3) is 11.4 Å². The largest absolute Gasteiger partial charge is 0.320 e. The third-order valence-electron chi connectivity index (χ3n) is 3.81. The summed E-state index contributed by atoms with van der Waals surface area (Å²) in [6.07, 6.45) is 0. The minimum atomic E-state index is -0.506. The first kappa shape index (κ1) is 19.2. The molecule has 0 fully saturated rings. The summed E-state index contributed by atoms with van der Waals surface area (Å²) in [6, 6.07) is 11.2. The Balaban J connectivity index is 1.44. The van der Waals surface area contributed by atoms with Crippen molar-refractivity contribution in [3.8, 4) is 11.4 Å². The predicted octanol–water partition coefficient (Wildman–Crippen LogP) is 2.54. The number of anilines is 1. The topological polar surface area (TPSA) is 142 Å². The van der Waals surface area contributed by atoms with Crippen LogP contribution in [0.4, 0.5) is 15.8 Å². The molecular weight excluding hydrogens is 415 g/mol. The number of hydrogen-bond donors (Lipinski definition) is 1. The number of halogens is 1. The lowest BCUT2D eigenvalue weighted by molar-refractivity contribution is -0.384. The minimum Gasteiger partial charge on any atom is -0.320 e. The van der Waals surface area contributed by atoms with E-state index in [1.54, 1.807) is 6.07 Å². The highest BCUT2D eigenvalue weighted by Crippen LogP contribution is 2.20.